The van der Waals surface area contributed by atoms with Gasteiger partial charge in [-0.05, 0) is 30.5 Å². The summed E-state index contributed by atoms with van der Waals surface area (Å²) < 4.78 is 31.9. The Labute approximate surface area is 117 Å². The largest absolute Gasteiger partial charge is 0.392 e. The van der Waals surface area contributed by atoms with Crippen molar-refractivity contribution in [2.45, 2.75) is 36.5 Å². The zero-order valence-electron chi connectivity index (χ0n) is 10.5. The maximum atomic E-state index is 12.1. The average molecular weight is 306 g/mol. The second-order valence-corrected chi connectivity index (χ2v) is 6.68. The topological polar surface area (TPSA) is 75.6 Å². The molecule has 1 aromatic carbocycles. The quantitative estimate of drug-likeness (QED) is 0.859. The highest BCUT2D eigenvalue weighted by atomic mass is 35.5. The summed E-state index contributed by atoms with van der Waals surface area (Å²) in [4.78, 5) is 0.107. The molecule has 5 nitrogen and oxygen atoms in total. The third-order valence-corrected chi connectivity index (χ3v) is 5.13. The predicted octanol–water partition coefficient (Wildman–Crippen LogP) is 1.29. The van der Waals surface area contributed by atoms with E-state index in [0.717, 1.165) is 0 Å². The minimum absolute atomic E-state index is 0.0914. The molecule has 2 rings (SSSR count). The SMILES string of the molecule is COC1CC(NS(=O)(=O)c2ccc(CO)c(Cl)c2)C1. The van der Waals surface area contributed by atoms with Crippen LogP contribution in [0.15, 0.2) is 23.1 Å². The van der Waals surface area contributed by atoms with E-state index in [1.165, 1.54) is 18.2 Å². The van der Waals surface area contributed by atoms with Crippen LogP contribution in [-0.2, 0) is 21.4 Å². The van der Waals surface area contributed by atoms with Gasteiger partial charge in [-0.1, -0.05) is 17.7 Å². The highest BCUT2D eigenvalue weighted by Crippen LogP contribution is 2.26. The molecule has 1 fully saturated rings. The number of methoxy groups -OCH3 is 1. The summed E-state index contributed by atoms with van der Waals surface area (Å²) in [6.45, 7) is -0.218. The molecule has 19 heavy (non-hydrogen) atoms. The van der Waals surface area contributed by atoms with E-state index in [-0.39, 0.29) is 28.7 Å². The Morgan fingerprint density at radius 2 is 2.16 bits per heavy atom. The Balaban J connectivity index is 2.09. The van der Waals surface area contributed by atoms with Gasteiger partial charge in [0.2, 0.25) is 10.0 Å². The first kappa shape index (κ1) is 14.7. The molecule has 1 aromatic rings. The van der Waals surface area contributed by atoms with Gasteiger partial charge in [-0.3, -0.25) is 0 Å². The summed E-state index contributed by atoms with van der Waals surface area (Å²) >= 11 is 5.89. The van der Waals surface area contributed by atoms with E-state index in [2.05, 4.69) is 4.72 Å². The first-order chi connectivity index (χ1) is 8.96. The first-order valence-electron chi connectivity index (χ1n) is 5.90. The molecule has 0 spiro atoms. The predicted molar refractivity (Wildman–Crippen MR) is 71.5 cm³/mol. The first-order valence-corrected chi connectivity index (χ1v) is 7.77. The molecule has 0 atom stereocenters. The molecule has 1 saturated carbocycles. The van der Waals surface area contributed by atoms with Gasteiger partial charge in [-0.15, -0.1) is 0 Å². The molecule has 106 valence electrons. The molecule has 0 amide bonds. The van der Waals surface area contributed by atoms with Crippen molar-refractivity contribution < 1.29 is 18.3 Å². The lowest BCUT2D eigenvalue weighted by Gasteiger charge is -2.34. The van der Waals surface area contributed by atoms with E-state index in [4.69, 9.17) is 21.4 Å². The molecule has 0 bridgehead atoms. The minimum Gasteiger partial charge on any atom is -0.392 e. The summed E-state index contributed by atoms with van der Waals surface area (Å²) in [5, 5.41) is 9.24. The lowest BCUT2D eigenvalue weighted by atomic mass is 9.90. The Bertz CT molecular complexity index is 555. The standard InChI is InChI=1S/C12H16ClNO4S/c1-18-10-4-9(5-10)14-19(16,17)11-3-2-8(7-15)12(13)6-11/h2-3,6,9-10,14-15H,4-5,7H2,1H3. The zero-order valence-corrected chi connectivity index (χ0v) is 12.0. The minimum atomic E-state index is -3.57. The molecule has 1 aliphatic carbocycles. The molecule has 0 aromatic heterocycles. The van der Waals surface area contributed by atoms with Crippen LogP contribution in [-0.4, -0.2) is 32.8 Å². The van der Waals surface area contributed by atoms with Crippen molar-refractivity contribution in [2.75, 3.05) is 7.11 Å². The fraction of sp³-hybridized carbons (Fsp3) is 0.500. The molecule has 0 heterocycles. The van der Waals surface area contributed by atoms with Gasteiger partial charge in [-0.2, -0.15) is 0 Å². The van der Waals surface area contributed by atoms with E-state index in [1.54, 1.807) is 7.11 Å². The van der Waals surface area contributed by atoms with Crippen LogP contribution >= 0.6 is 11.6 Å². The number of rotatable bonds is 5. The van der Waals surface area contributed by atoms with Crippen LogP contribution in [0.25, 0.3) is 0 Å². The van der Waals surface area contributed by atoms with E-state index in [1.807, 2.05) is 0 Å². The van der Waals surface area contributed by atoms with E-state index >= 15 is 0 Å². The smallest absolute Gasteiger partial charge is 0.240 e. The van der Waals surface area contributed by atoms with E-state index < -0.39 is 10.0 Å². The summed E-state index contributed by atoms with van der Waals surface area (Å²) in [6.07, 6.45) is 1.49. The van der Waals surface area contributed by atoms with Gasteiger partial charge in [-0.25, -0.2) is 13.1 Å². The number of sulfonamides is 1. The van der Waals surface area contributed by atoms with Gasteiger partial charge in [0.05, 0.1) is 17.6 Å². The Morgan fingerprint density at radius 3 is 2.68 bits per heavy atom. The summed E-state index contributed by atoms with van der Waals surface area (Å²) in [7, 11) is -1.96. The number of hydrogen-bond acceptors (Lipinski definition) is 4. The Hall–Kier alpha value is -0.660. The molecular weight excluding hydrogens is 290 g/mol. The number of halogens is 1. The van der Waals surface area contributed by atoms with Crippen LogP contribution < -0.4 is 4.72 Å². The summed E-state index contributed by atoms with van der Waals surface area (Å²) in [5.74, 6) is 0. The monoisotopic (exact) mass is 305 g/mol. The molecule has 0 radical (unpaired) electrons. The van der Waals surface area contributed by atoms with Crippen molar-refractivity contribution in [3.05, 3.63) is 28.8 Å². The summed E-state index contributed by atoms with van der Waals surface area (Å²) in [5.41, 5.74) is 0.503. The highest BCUT2D eigenvalue weighted by Gasteiger charge is 2.32. The maximum absolute atomic E-state index is 12.1. The molecule has 0 aliphatic heterocycles. The van der Waals surface area contributed by atoms with Gasteiger partial charge in [0.25, 0.3) is 0 Å². The number of ether oxygens (including phenoxy) is 1. The van der Waals surface area contributed by atoms with Gasteiger partial charge < -0.3 is 9.84 Å². The normalized spacial score (nSPS) is 23.1. The Kier molecular flexibility index (Phi) is 4.47. The molecule has 1 aliphatic rings. The van der Waals surface area contributed by atoms with Crippen molar-refractivity contribution in [2.24, 2.45) is 0 Å². The number of aliphatic hydroxyl groups excluding tert-OH is 1. The van der Waals surface area contributed by atoms with Crippen LogP contribution in [0.1, 0.15) is 18.4 Å². The molecule has 7 heteroatoms. The van der Waals surface area contributed by atoms with Gasteiger partial charge in [0.1, 0.15) is 0 Å². The highest BCUT2D eigenvalue weighted by molar-refractivity contribution is 7.89. The van der Waals surface area contributed by atoms with Crippen LogP contribution in [0.3, 0.4) is 0 Å². The molecule has 0 unspecified atom stereocenters. The van der Waals surface area contributed by atoms with Crippen LogP contribution in [0, 0.1) is 0 Å². The van der Waals surface area contributed by atoms with Crippen molar-refractivity contribution >= 4 is 21.6 Å². The van der Waals surface area contributed by atoms with Crippen molar-refractivity contribution in [3.63, 3.8) is 0 Å². The van der Waals surface area contributed by atoms with Crippen LogP contribution in [0.5, 0.6) is 0 Å². The Morgan fingerprint density at radius 1 is 1.47 bits per heavy atom. The van der Waals surface area contributed by atoms with E-state index in [0.29, 0.717) is 18.4 Å². The molecule has 2 N–H and O–H groups in total. The number of nitrogens with one attached hydrogen (secondary N) is 1. The third-order valence-electron chi connectivity index (χ3n) is 3.26. The molecular formula is C12H16ClNO4S. The zero-order chi connectivity index (χ0) is 14.0. The van der Waals surface area contributed by atoms with Gasteiger partial charge in [0, 0.05) is 18.2 Å². The maximum Gasteiger partial charge on any atom is 0.240 e. The summed E-state index contributed by atoms with van der Waals surface area (Å²) in [6, 6.07) is 4.20. The van der Waals surface area contributed by atoms with Crippen LogP contribution in [0.2, 0.25) is 5.02 Å². The van der Waals surface area contributed by atoms with Crippen molar-refractivity contribution in [3.8, 4) is 0 Å². The molecule has 0 saturated heterocycles. The third kappa shape index (κ3) is 3.27. The van der Waals surface area contributed by atoms with Crippen LogP contribution in [0.4, 0.5) is 0 Å². The second kappa shape index (κ2) is 5.76. The van der Waals surface area contributed by atoms with Crippen molar-refractivity contribution in [1.29, 1.82) is 0 Å². The van der Waals surface area contributed by atoms with Gasteiger partial charge in [0.15, 0.2) is 0 Å². The van der Waals surface area contributed by atoms with Gasteiger partial charge >= 0.3 is 0 Å². The lowest BCUT2D eigenvalue weighted by Crippen LogP contribution is -2.47. The number of aliphatic hydroxyl groups is 1. The number of benzene rings is 1. The van der Waals surface area contributed by atoms with Crippen molar-refractivity contribution in [1.82, 2.24) is 4.72 Å². The fourth-order valence-corrected chi connectivity index (χ4v) is 3.56. The fourth-order valence-electron chi connectivity index (χ4n) is 1.97. The lowest BCUT2D eigenvalue weighted by molar-refractivity contribution is 0.0236. The average Bonchev–Trinajstić information content (AvgIpc) is 2.33. The van der Waals surface area contributed by atoms with E-state index in [9.17, 15) is 8.42 Å². The second-order valence-electron chi connectivity index (χ2n) is 4.56. The number of hydrogen-bond donors (Lipinski definition) is 2.